The van der Waals surface area contributed by atoms with Crippen molar-refractivity contribution < 1.29 is 39.5 Å². The van der Waals surface area contributed by atoms with E-state index in [9.17, 15) is 39.5 Å². The minimum Gasteiger partial charge on any atom is -0.288 e. The summed E-state index contributed by atoms with van der Waals surface area (Å²) in [6, 6.07) is 0. The number of likely N-dealkylation sites (tertiary alicyclic amines) is 1. The Kier molecular flexibility index (Phi) is 6.18. The molecule has 0 aromatic heterocycles. The first kappa shape index (κ1) is 21.4. The fourth-order valence-corrected chi connectivity index (χ4v) is 3.00. The van der Waals surface area contributed by atoms with Gasteiger partial charge >= 0.3 is 23.9 Å². The van der Waals surface area contributed by atoms with Crippen molar-refractivity contribution in [1.82, 2.24) is 4.90 Å². The number of alkyl halides is 10. The molecule has 0 aliphatic carbocycles. The minimum atomic E-state index is -6.88. The van der Waals surface area contributed by atoms with Gasteiger partial charge in [0.2, 0.25) is 0 Å². The van der Waals surface area contributed by atoms with E-state index in [1.807, 2.05) is 0 Å². The first-order valence-corrected chi connectivity index (χ1v) is 7.87. The smallest absolute Gasteiger partial charge is 0.288 e. The second kappa shape index (κ2) is 6.93. The second-order valence-corrected chi connectivity index (χ2v) is 6.09. The Balaban J connectivity index is 3.21. The van der Waals surface area contributed by atoms with E-state index in [2.05, 4.69) is 5.92 Å². The van der Waals surface area contributed by atoms with Crippen LogP contribution in [0.25, 0.3) is 0 Å². The summed E-state index contributed by atoms with van der Waals surface area (Å²) in [6.07, 6.45) is -2.26. The molecule has 0 radical (unpaired) electrons. The fourth-order valence-electron chi connectivity index (χ4n) is 2.15. The van der Waals surface area contributed by atoms with E-state index in [1.165, 1.54) is 4.90 Å². The number of hydrogen-bond donors (Lipinski definition) is 0. The molecule has 0 bridgehead atoms. The maximum absolute atomic E-state index is 13.6. The average Bonchev–Trinajstić information content (AvgIpc) is 2.78. The van der Waals surface area contributed by atoms with Gasteiger partial charge in [-0.2, -0.15) is 39.5 Å². The van der Waals surface area contributed by atoms with Crippen molar-refractivity contribution in [2.75, 3.05) is 24.1 Å². The summed E-state index contributed by atoms with van der Waals surface area (Å²) in [7, 11) is 0. The van der Waals surface area contributed by atoms with Crippen molar-refractivity contribution in [3.05, 3.63) is 11.6 Å². The van der Waals surface area contributed by atoms with E-state index in [-0.39, 0.29) is 29.6 Å². The molecular weight excluding hydrogens is 468 g/mol. The van der Waals surface area contributed by atoms with Gasteiger partial charge in [-0.3, -0.25) is 4.90 Å². The van der Waals surface area contributed by atoms with Crippen molar-refractivity contribution >= 4 is 22.6 Å². The molecule has 0 saturated carbocycles. The van der Waals surface area contributed by atoms with Crippen LogP contribution in [0.15, 0.2) is 11.6 Å². The third-order valence-corrected chi connectivity index (χ3v) is 4.51. The number of nitrogens with zero attached hydrogens (tertiary/aromatic N) is 1. The van der Waals surface area contributed by atoms with Crippen molar-refractivity contribution in [3.63, 3.8) is 0 Å². The molecule has 1 rings (SSSR count). The first-order chi connectivity index (χ1) is 10.7. The number of allylic oxidation sites excluding steroid dienone is 1. The van der Waals surface area contributed by atoms with Gasteiger partial charge in [-0.15, -0.1) is 6.42 Å². The lowest BCUT2D eigenvalue weighted by Crippen LogP contribution is -2.60. The van der Waals surface area contributed by atoms with Crippen LogP contribution in [-0.4, -0.2) is 52.9 Å². The molecule has 1 unspecified atom stereocenters. The number of terminal acetylenes is 1. The third kappa shape index (κ3) is 3.79. The Morgan fingerprint density at radius 2 is 1.62 bits per heavy atom. The molecule has 1 atom stereocenters. The molecule has 0 spiro atoms. The normalized spacial score (nSPS) is 22.9. The Morgan fingerprint density at radius 3 is 2.04 bits per heavy atom. The summed E-state index contributed by atoms with van der Waals surface area (Å²) < 4.78 is 116. The van der Waals surface area contributed by atoms with Crippen molar-refractivity contribution in [2.45, 2.75) is 23.9 Å². The van der Waals surface area contributed by atoms with Crippen LogP contribution in [0.5, 0.6) is 0 Å². The van der Waals surface area contributed by atoms with Gasteiger partial charge in [0.05, 0.1) is 6.54 Å². The van der Waals surface area contributed by atoms with E-state index in [1.54, 1.807) is 22.6 Å². The molecule has 0 amide bonds. The SMILES string of the molecule is C#CCN1C/C(=C\C(F)(F)C(F)(F)C(F)(F)C(F)(F)F)C(CI)C1. The molecule has 11 heteroatoms. The average molecular weight is 479 g/mol. The summed E-state index contributed by atoms with van der Waals surface area (Å²) in [5.74, 6) is -17.7. The van der Waals surface area contributed by atoms with Crippen LogP contribution in [0, 0.1) is 18.3 Å². The lowest BCUT2D eigenvalue weighted by molar-refractivity contribution is -0.388. The molecule has 1 aliphatic rings. The molecule has 1 nitrogen and oxygen atoms in total. The van der Waals surface area contributed by atoms with Gasteiger partial charge in [-0.25, -0.2) is 0 Å². The Morgan fingerprint density at radius 1 is 1.08 bits per heavy atom. The molecule has 1 heterocycles. The fraction of sp³-hybridized carbons (Fsp3) is 0.692. The highest BCUT2D eigenvalue weighted by molar-refractivity contribution is 14.1. The number of rotatable bonds is 5. The maximum Gasteiger partial charge on any atom is 0.460 e. The van der Waals surface area contributed by atoms with E-state index >= 15 is 0 Å². The van der Waals surface area contributed by atoms with Crippen LogP contribution in [-0.2, 0) is 0 Å². The zero-order valence-electron chi connectivity index (χ0n) is 11.8. The summed E-state index contributed by atoms with van der Waals surface area (Å²) in [5, 5.41) is 0. The first-order valence-electron chi connectivity index (χ1n) is 6.35. The Hall–Kier alpha value is -0.640. The predicted molar refractivity (Wildman–Crippen MR) is 76.6 cm³/mol. The quantitative estimate of drug-likeness (QED) is 0.186. The van der Waals surface area contributed by atoms with Gasteiger partial charge in [-0.1, -0.05) is 28.5 Å². The van der Waals surface area contributed by atoms with Gasteiger partial charge in [0, 0.05) is 23.4 Å². The van der Waals surface area contributed by atoms with Gasteiger partial charge in [0.15, 0.2) is 0 Å². The Bertz CT molecular complexity index is 533. The molecule has 0 N–H and O–H groups in total. The highest BCUT2D eigenvalue weighted by Gasteiger charge is 2.81. The van der Waals surface area contributed by atoms with Gasteiger partial charge in [0.25, 0.3) is 0 Å². The summed E-state index contributed by atoms with van der Waals surface area (Å²) >= 11 is 1.76. The maximum atomic E-state index is 13.6. The van der Waals surface area contributed by atoms with E-state index in [0.717, 1.165) is 0 Å². The lowest BCUT2D eigenvalue weighted by Gasteiger charge is -2.32. The van der Waals surface area contributed by atoms with Gasteiger partial charge < -0.3 is 0 Å². The highest BCUT2D eigenvalue weighted by atomic mass is 127. The topological polar surface area (TPSA) is 3.24 Å². The van der Waals surface area contributed by atoms with Gasteiger partial charge in [0.1, 0.15) is 0 Å². The minimum absolute atomic E-state index is 0.00511. The lowest BCUT2D eigenvalue weighted by atomic mass is 9.97. The summed E-state index contributed by atoms with van der Waals surface area (Å²) in [5.41, 5.74) is -0.345. The third-order valence-electron chi connectivity index (χ3n) is 3.45. The van der Waals surface area contributed by atoms with Crippen LogP contribution in [0.4, 0.5) is 39.5 Å². The van der Waals surface area contributed by atoms with Crippen molar-refractivity contribution in [3.8, 4) is 12.3 Å². The van der Waals surface area contributed by atoms with Crippen LogP contribution in [0.3, 0.4) is 0 Å². The second-order valence-electron chi connectivity index (χ2n) is 5.21. The molecule has 0 aromatic rings. The molecule has 24 heavy (non-hydrogen) atoms. The van der Waals surface area contributed by atoms with Crippen LogP contribution in [0.2, 0.25) is 0 Å². The standard InChI is InChI=1S/C13H11F9IN/c1-2-3-24-6-8(9(5-23)7-24)4-10(14,15)11(16,17)12(18,19)13(20,21)22/h1,4,9H,3,5-7H2/b8-4+. The molecule has 1 saturated heterocycles. The summed E-state index contributed by atoms with van der Waals surface area (Å²) in [6.45, 7) is -0.178. The van der Waals surface area contributed by atoms with Crippen molar-refractivity contribution in [1.29, 1.82) is 0 Å². The molecule has 0 aromatic carbocycles. The van der Waals surface area contributed by atoms with E-state index in [4.69, 9.17) is 6.42 Å². The van der Waals surface area contributed by atoms with Crippen LogP contribution >= 0.6 is 22.6 Å². The zero-order chi connectivity index (χ0) is 19.0. The van der Waals surface area contributed by atoms with Crippen molar-refractivity contribution in [2.24, 2.45) is 5.92 Å². The monoisotopic (exact) mass is 479 g/mol. The summed E-state index contributed by atoms with van der Waals surface area (Å²) in [4.78, 5) is 1.42. The van der Waals surface area contributed by atoms with E-state index in [0.29, 0.717) is 0 Å². The van der Waals surface area contributed by atoms with Gasteiger partial charge in [-0.05, 0) is 11.6 Å². The van der Waals surface area contributed by atoms with E-state index < -0.39 is 35.9 Å². The number of halogens is 10. The molecular formula is C13H11F9IN. The number of hydrogen-bond acceptors (Lipinski definition) is 1. The Labute approximate surface area is 145 Å². The molecule has 138 valence electrons. The van der Waals surface area contributed by atoms with Crippen LogP contribution in [0.1, 0.15) is 0 Å². The zero-order valence-corrected chi connectivity index (χ0v) is 13.9. The molecule has 1 fully saturated rings. The molecule has 1 aliphatic heterocycles. The predicted octanol–water partition coefficient (Wildman–Crippen LogP) is 4.38. The highest BCUT2D eigenvalue weighted by Crippen LogP contribution is 2.54. The largest absolute Gasteiger partial charge is 0.460 e. The van der Waals surface area contributed by atoms with Crippen LogP contribution < -0.4 is 0 Å².